The molecule has 0 N–H and O–H groups in total. The van der Waals surface area contributed by atoms with Crippen molar-refractivity contribution < 1.29 is 0 Å². The smallest absolute Gasteiger partial charge is 0.0326 e. The zero-order valence-corrected chi connectivity index (χ0v) is 7.19. The van der Waals surface area contributed by atoms with Crippen LogP contribution >= 0.6 is 0 Å². The molecule has 0 aromatic carbocycles. The van der Waals surface area contributed by atoms with Crippen LogP contribution < -0.4 is 0 Å². The predicted molar refractivity (Wildman–Crippen MR) is 48.1 cm³/mol. The summed E-state index contributed by atoms with van der Waals surface area (Å²) in [6, 6.07) is 0. The SMILES string of the molecule is C=C(C)CCCCC=CC. The van der Waals surface area contributed by atoms with Gasteiger partial charge in [-0.1, -0.05) is 17.7 Å². The third kappa shape index (κ3) is 7.48. The first-order valence-electron chi connectivity index (χ1n) is 4.03. The average Bonchev–Trinajstić information content (AvgIpc) is 1.87. The first-order chi connectivity index (χ1) is 4.77. The topological polar surface area (TPSA) is 0 Å². The van der Waals surface area contributed by atoms with E-state index in [0.717, 1.165) is 0 Å². The van der Waals surface area contributed by atoms with Crippen LogP contribution in [-0.4, -0.2) is 0 Å². The Hall–Kier alpha value is -0.520. The highest BCUT2D eigenvalue weighted by Gasteiger charge is 1.85. The van der Waals surface area contributed by atoms with Crippen LogP contribution in [0.2, 0.25) is 0 Å². The van der Waals surface area contributed by atoms with Gasteiger partial charge in [-0.2, -0.15) is 0 Å². The molecule has 0 aliphatic carbocycles. The van der Waals surface area contributed by atoms with Crippen molar-refractivity contribution in [2.45, 2.75) is 39.5 Å². The van der Waals surface area contributed by atoms with Crippen molar-refractivity contribution in [1.29, 1.82) is 0 Å². The van der Waals surface area contributed by atoms with Crippen LogP contribution in [-0.2, 0) is 0 Å². The van der Waals surface area contributed by atoms with Gasteiger partial charge in [-0.05, 0) is 39.5 Å². The second-order valence-corrected chi connectivity index (χ2v) is 2.77. The Bertz CT molecular complexity index is 109. The van der Waals surface area contributed by atoms with Crippen molar-refractivity contribution in [2.75, 3.05) is 0 Å². The number of unbranched alkanes of at least 4 members (excludes halogenated alkanes) is 2. The van der Waals surface area contributed by atoms with E-state index >= 15 is 0 Å². The molecule has 10 heavy (non-hydrogen) atoms. The van der Waals surface area contributed by atoms with E-state index in [1.807, 2.05) is 0 Å². The largest absolute Gasteiger partial charge is 0.100 e. The fourth-order valence-corrected chi connectivity index (χ4v) is 0.856. The second kappa shape index (κ2) is 6.60. The van der Waals surface area contributed by atoms with Gasteiger partial charge in [-0.15, -0.1) is 6.58 Å². The Morgan fingerprint density at radius 3 is 2.60 bits per heavy atom. The lowest BCUT2D eigenvalue weighted by Crippen LogP contribution is -1.75. The normalized spacial score (nSPS) is 10.6. The van der Waals surface area contributed by atoms with Crippen molar-refractivity contribution in [3.63, 3.8) is 0 Å². The highest BCUT2D eigenvalue weighted by molar-refractivity contribution is 4.87. The maximum absolute atomic E-state index is 3.85. The van der Waals surface area contributed by atoms with Gasteiger partial charge in [0.25, 0.3) is 0 Å². The first kappa shape index (κ1) is 9.48. The summed E-state index contributed by atoms with van der Waals surface area (Å²) in [4.78, 5) is 0. The van der Waals surface area contributed by atoms with Gasteiger partial charge in [-0.25, -0.2) is 0 Å². The van der Waals surface area contributed by atoms with Gasteiger partial charge in [0, 0.05) is 0 Å². The fourth-order valence-electron chi connectivity index (χ4n) is 0.856. The minimum absolute atomic E-state index is 1.19. The van der Waals surface area contributed by atoms with E-state index in [4.69, 9.17) is 0 Å². The van der Waals surface area contributed by atoms with E-state index in [2.05, 4.69) is 32.6 Å². The van der Waals surface area contributed by atoms with Crippen molar-refractivity contribution in [3.8, 4) is 0 Å². The molecule has 0 saturated carbocycles. The molecule has 0 rings (SSSR count). The average molecular weight is 138 g/mol. The van der Waals surface area contributed by atoms with Gasteiger partial charge in [0.2, 0.25) is 0 Å². The highest BCUT2D eigenvalue weighted by atomic mass is 13.9. The Labute approximate surface area is 64.6 Å². The molecule has 0 bridgehead atoms. The van der Waals surface area contributed by atoms with Crippen LogP contribution in [0.3, 0.4) is 0 Å². The van der Waals surface area contributed by atoms with Crippen LogP contribution in [0.15, 0.2) is 24.3 Å². The lowest BCUT2D eigenvalue weighted by atomic mass is 10.1. The Morgan fingerprint density at radius 2 is 2.10 bits per heavy atom. The van der Waals surface area contributed by atoms with Crippen LogP contribution in [0.1, 0.15) is 39.5 Å². The number of hydrogen-bond donors (Lipinski definition) is 0. The standard InChI is InChI=1S/C10H18/c1-4-5-6-7-8-9-10(2)3/h4-5H,2,6-9H2,1,3H3. The van der Waals surface area contributed by atoms with Gasteiger partial charge in [0.05, 0.1) is 0 Å². The van der Waals surface area contributed by atoms with Gasteiger partial charge in [-0.3, -0.25) is 0 Å². The molecule has 0 heteroatoms. The minimum atomic E-state index is 1.19. The minimum Gasteiger partial charge on any atom is -0.100 e. The van der Waals surface area contributed by atoms with E-state index in [1.165, 1.54) is 31.3 Å². The van der Waals surface area contributed by atoms with Crippen LogP contribution in [0.25, 0.3) is 0 Å². The van der Waals surface area contributed by atoms with Gasteiger partial charge >= 0.3 is 0 Å². The first-order valence-corrected chi connectivity index (χ1v) is 4.03. The van der Waals surface area contributed by atoms with E-state index in [0.29, 0.717) is 0 Å². The Balaban J connectivity index is 2.98. The molecule has 0 amide bonds. The van der Waals surface area contributed by atoms with E-state index in [-0.39, 0.29) is 0 Å². The van der Waals surface area contributed by atoms with Crippen LogP contribution in [0, 0.1) is 0 Å². The van der Waals surface area contributed by atoms with Crippen molar-refractivity contribution in [2.24, 2.45) is 0 Å². The molecule has 0 aliphatic heterocycles. The maximum atomic E-state index is 3.85. The van der Waals surface area contributed by atoms with Crippen LogP contribution in [0.5, 0.6) is 0 Å². The summed E-state index contributed by atoms with van der Waals surface area (Å²) in [5.41, 5.74) is 1.31. The number of hydrogen-bond acceptors (Lipinski definition) is 0. The predicted octanol–water partition coefficient (Wildman–Crippen LogP) is 3.70. The monoisotopic (exact) mass is 138 g/mol. The fraction of sp³-hybridized carbons (Fsp3) is 0.600. The second-order valence-electron chi connectivity index (χ2n) is 2.77. The zero-order chi connectivity index (χ0) is 7.82. The Morgan fingerprint density at radius 1 is 1.40 bits per heavy atom. The quantitative estimate of drug-likeness (QED) is 0.401. The third-order valence-corrected chi connectivity index (χ3v) is 1.46. The molecule has 0 nitrogen and oxygen atoms in total. The molecule has 0 atom stereocenters. The number of rotatable bonds is 5. The van der Waals surface area contributed by atoms with Crippen LogP contribution in [0.4, 0.5) is 0 Å². The molecule has 0 radical (unpaired) electrons. The maximum Gasteiger partial charge on any atom is -0.0326 e. The molecule has 58 valence electrons. The van der Waals surface area contributed by atoms with Gasteiger partial charge < -0.3 is 0 Å². The molecule has 0 fully saturated rings. The molecule has 0 aliphatic rings. The summed E-state index contributed by atoms with van der Waals surface area (Å²) >= 11 is 0. The summed E-state index contributed by atoms with van der Waals surface area (Å²) < 4.78 is 0. The molecule has 0 saturated heterocycles. The molecule has 0 spiro atoms. The third-order valence-electron chi connectivity index (χ3n) is 1.46. The van der Waals surface area contributed by atoms with Gasteiger partial charge in [0.1, 0.15) is 0 Å². The summed E-state index contributed by atoms with van der Waals surface area (Å²) in [5.74, 6) is 0. The Kier molecular flexibility index (Phi) is 6.25. The molecular weight excluding hydrogens is 120 g/mol. The summed E-state index contributed by atoms with van der Waals surface area (Å²) in [6.07, 6.45) is 9.34. The lowest BCUT2D eigenvalue weighted by Gasteiger charge is -1.95. The molecular formula is C10H18. The highest BCUT2D eigenvalue weighted by Crippen LogP contribution is 2.05. The van der Waals surface area contributed by atoms with Crippen molar-refractivity contribution in [1.82, 2.24) is 0 Å². The summed E-state index contributed by atoms with van der Waals surface area (Å²) in [6.45, 7) is 8.02. The van der Waals surface area contributed by atoms with Crippen molar-refractivity contribution in [3.05, 3.63) is 24.3 Å². The summed E-state index contributed by atoms with van der Waals surface area (Å²) in [5, 5.41) is 0. The van der Waals surface area contributed by atoms with E-state index < -0.39 is 0 Å². The summed E-state index contributed by atoms with van der Waals surface area (Å²) in [7, 11) is 0. The van der Waals surface area contributed by atoms with E-state index in [1.54, 1.807) is 0 Å². The lowest BCUT2D eigenvalue weighted by molar-refractivity contribution is 0.743. The van der Waals surface area contributed by atoms with Gasteiger partial charge in [0.15, 0.2) is 0 Å². The molecule has 0 aromatic rings. The molecule has 0 unspecified atom stereocenters. The molecule has 0 heterocycles. The van der Waals surface area contributed by atoms with Crippen molar-refractivity contribution >= 4 is 0 Å². The molecule has 0 aromatic heterocycles. The number of allylic oxidation sites excluding steroid dienone is 3. The van der Waals surface area contributed by atoms with E-state index in [9.17, 15) is 0 Å². The zero-order valence-electron chi connectivity index (χ0n) is 7.19.